The van der Waals surface area contributed by atoms with E-state index in [1.807, 2.05) is 26.0 Å². The van der Waals surface area contributed by atoms with E-state index in [0.717, 1.165) is 12.0 Å². The van der Waals surface area contributed by atoms with Crippen LogP contribution in [0.15, 0.2) is 29.2 Å². The van der Waals surface area contributed by atoms with E-state index >= 15 is 0 Å². The molecule has 0 aliphatic heterocycles. The molecule has 1 aromatic rings. The first-order valence-electron chi connectivity index (χ1n) is 7.04. The van der Waals surface area contributed by atoms with E-state index in [9.17, 15) is 8.42 Å². The van der Waals surface area contributed by atoms with Crippen molar-refractivity contribution in [3.8, 4) is 0 Å². The first-order valence-corrected chi connectivity index (χ1v) is 8.95. The highest BCUT2D eigenvalue weighted by atomic mass is 35.5. The number of alkyl halides is 1. The van der Waals surface area contributed by atoms with Crippen LogP contribution < -0.4 is 4.72 Å². The van der Waals surface area contributed by atoms with Crippen molar-refractivity contribution in [1.82, 2.24) is 4.72 Å². The normalized spacial score (nSPS) is 15.3. The fraction of sp³-hybridized carbons (Fsp3) is 0.600. The molecule has 114 valence electrons. The Morgan fingerprint density at radius 3 is 2.30 bits per heavy atom. The van der Waals surface area contributed by atoms with Gasteiger partial charge in [-0.3, -0.25) is 0 Å². The predicted octanol–water partition coefficient (Wildman–Crippen LogP) is 3.74. The van der Waals surface area contributed by atoms with E-state index in [1.165, 1.54) is 0 Å². The van der Waals surface area contributed by atoms with Gasteiger partial charge in [0.25, 0.3) is 0 Å². The Bertz CT molecular complexity index is 518. The fourth-order valence-corrected chi connectivity index (χ4v) is 4.28. The Balaban J connectivity index is 3.29. The Hall–Kier alpha value is -0.580. The van der Waals surface area contributed by atoms with Crippen molar-refractivity contribution in [1.29, 1.82) is 0 Å². The highest BCUT2D eigenvalue weighted by Crippen LogP contribution is 2.34. The van der Waals surface area contributed by atoms with Gasteiger partial charge in [-0.2, -0.15) is 0 Å². The number of benzene rings is 1. The molecule has 20 heavy (non-hydrogen) atoms. The molecule has 0 aromatic heterocycles. The van der Waals surface area contributed by atoms with Crippen LogP contribution in [0.5, 0.6) is 0 Å². The monoisotopic (exact) mass is 317 g/mol. The lowest BCUT2D eigenvalue weighted by Crippen LogP contribution is -2.27. The van der Waals surface area contributed by atoms with E-state index in [1.54, 1.807) is 12.1 Å². The van der Waals surface area contributed by atoms with Gasteiger partial charge in [0, 0.05) is 17.8 Å². The molecule has 0 saturated carbocycles. The Morgan fingerprint density at radius 2 is 1.80 bits per heavy atom. The lowest BCUT2D eigenvalue weighted by Gasteiger charge is -2.26. The number of nitrogens with one attached hydrogen (secondary N) is 1. The molecule has 0 amide bonds. The van der Waals surface area contributed by atoms with Gasteiger partial charge < -0.3 is 0 Å². The predicted molar refractivity (Wildman–Crippen MR) is 84.8 cm³/mol. The van der Waals surface area contributed by atoms with Crippen LogP contribution in [0.1, 0.15) is 45.6 Å². The van der Waals surface area contributed by atoms with Gasteiger partial charge in [0.15, 0.2) is 0 Å². The fourth-order valence-electron chi connectivity index (χ4n) is 2.45. The third-order valence-electron chi connectivity index (χ3n) is 3.32. The zero-order valence-corrected chi connectivity index (χ0v) is 14.1. The first kappa shape index (κ1) is 17.5. The van der Waals surface area contributed by atoms with Crippen LogP contribution in [-0.4, -0.2) is 20.3 Å². The van der Waals surface area contributed by atoms with Crippen molar-refractivity contribution in [3.63, 3.8) is 0 Å². The van der Waals surface area contributed by atoms with E-state index in [0.29, 0.717) is 11.4 Å². The van der Waals surface area contributed by atoms with Gasteiger partial charge in [-0.15, -0.1) is 11.6 Å². The Morgan fingerprint density at radius 1 is 1.20 bits per heavy atom. The lowest BCUT2D eigenvalue weighted by atomic mass is 9.86. The molecule has 0 aliphatic carbocycles. The third-order valence-corrected chi connectivity index (χ3v) is 5.13. The quantitative estimate of drug-likeness (QED) is 0.779. The summed E-state index contributed by atoms with van der Waals surface area (Å²) in [7, 11) is -3.47. The zero-order chi connectivity index (χ0) is 15.3. The van der Waals surface area contributed by atoms with E-state index in [4.69, 9.17) is 11.6 Å². The molecule has 1 N–H and O–H groups in total. The Kier molecular flexibility index (Phi) is 6.49. The summed E-state index contributed by atoms with van der Waals surface area (Å²) < 4.78 is 27.4. The van der Waals surface area contributed by atoms with E-state index in [-0.39, 0.29) is 17.2 Å². The van der Waals surface area contributed by atoms with Gasteiger partial charge in [0.05, 0.1) is 4.90 Å². The molecule has 1 aromatic carbocycles. The molecule has 0 bridgehead atoms. The molecule has 0 heterocycles. The molecular weight excluding hydrogens is 294 g/mol. The molecule has 0 radical (unpaired) electrons. The minimum Gasteiger partial charge on any atom is -0.211 e. The maximum absolute atomic E-state index is 12.4. The number of sulfonamides is 1. The van der Waals surface area contributed by atoms with Gasteiger partial charge in [-0.25, -0.2) is 13.1 Å². The molecule has 0 spiro atoms. The van der Waals surface area contributed by atoms with Crippen molar-refractivity contribution in [2.45, 2.75) is 50.3 Å². The standard InChI is InChI=1S/C15H24ClNO2S/c1-5-10-17-20(18,19)14-9-7-6-8-13(14)15(11(2)3)12(4)16/h6-9,11-12,15,17H,5,10H2,1-4H3. The minimum absolute atomic E-state index is 0.00562. The largest absolute Gasteiger partial charge is 0.240 e. The minimum atomic E-state index is -3.47. The van der Waals surface area contributed by atoms with Crippen LogP contribution in [0.2, 0.25) is 0 Å². The van der Waals surface area contributed by atoms with E-state index in [2.05, 4.69) is 18.6 Å². The van der Waals surface area contributed by atoms with Crippen molar-refractivity contribution in [3.05, 3.63) is 29.8 Å². The molecule has 0 aliphatic rings. The van der Waals surface area contributed by atoms with Crippen LogP contribution >= 0.6 is 11.6 Å². The average molecular weight is 318 g/mol. The number of rotatable bonds is 7. The zero-order valence-electron chi connectivity index (χ0n) is 12.6. The highest BCUT2D eigenvalue weighted by Gasteiger charge is 2.27. The summed E-state index contributed by atoms with van der Waals surface area (Å²) in [4.78, 5) is 0.347. The maximum atomic E-state index is 12.4. The smallest absolute Gasteiger partial charge is 0.211 e. The summed E-state index contributed by atoms with van der Waals surface area (Å²) in [6, 6.07) is 7.13. The van der Waals surface area contributed by atoms with Crippen LogP contribution in [0.25, 0.3) is 0 Å². The first-order chi connectivity index (χ1) is 9.31. The van der Waals surface area contributed by atoms with Crippen LogP contribution in [-0.2, 0) is 10.0 Å². The lowest BCUT2D eigenvalue weighted by molar-refractivity contribution is 0.482. The molecular formula is C15H24ClNO2S. The summed E-state index contributed by atoms with van der Waals surface area (Å²) in [5, 5.41) is -0.127. The van der Waals surface area contributed by atoms with Gasteiger partial charge in [0.1, 0.15) is 0 Å². The van der Waals surface area contributed by atoms with Crippen molar-refractivity contribution >= 4 is 21.6 Å². The summed E-state index contributed by atoms with van der Waals surface area (Å²) in [5.41, 5.74) is 0.800. The molecule has 2 unspecified atom stereocenters. The molecule has 0 fully saturated rings. The van der Waals surface area contributed by atoms with Gasteiger partial charge in [-0.1, -0.05) is 39.0 Å². The number of halogens is 1. The second kappa shape index (κ2) is 7.43. The summed E-state index contributed by atoms with van der Waals surface area (Å²) in [6.07, 6.45) is 0.765. The van der Waals surface area contributed by atoms with Gasteiger partial charge in [0.2, 0.25) is 10.0 Å². The molecule has 3 nitrogen and oxygen atoms in total. The van der Waals surface area contributed by atoms with Crippen LogP contribution in [0, 0.1) is 5.92 Å². The molecule has 1 rings (SSSR count). The second-order valence-electron chi connectivity index (χ2n) is 5.38. The molecule has 0 saturated heterocycles. The van der Waals surface area contributed by atoms with Gasteiger partial charge >= 0.3 is 0 Å². The highest BCUT2D eigenvalue weighted by molar-refractivity contribution is 7.89. The number of hydrogen-bond donors (Lipinski definition) is 1. The summed E-state index contributed by atoms with van der Waals surface area (Å²) in [6.45, 7) is 8.42. The topological polar surface area (TPSA) is 46.2 Å². The summed E-state index contributed by atoms with van der Waals surface area (Å²) in [5.74, 6) is 0.274. The Labute approximate surface area is 127 Å². The van der Waals surface area contributed by atoms with Crippen LogP contribution in [0.3, 0.4) is 0 Å². The van der Waals surface area contributed by atoms with Gasteiger partial charge in [-0.05, 0) is 30.9 Å². The second-order valence-corrected chi connectivity index (χ2v) is 7.81. The van der Waals surface area contributed by atoms with Crippen molar-refractivity contribution in [2.75, 3.05) is 6.54 Å². The molecule has 5 heteroatoms. The van der Waals surface area contributed by atoms with E-state index < -0.39 is 10.0 Å². The average Bonchev–Trinajstić information content (AvgIpc) is 2.36. The third kappa shape index (κ3) is 4.21. The van der Waals surface area contributed by atoms with Crippen molar-refractivity contribution < 1.29 is 8.42 Å². The van der Waals surface area contributed by atoms with Crippen LogP contribution in [0.4, 0.5) is 0 Å². The van der Waals surface area contributed by atoms with Crippen molar-refractivity contribution in [2.24, 2.45) is 5.92 Å². The number of hydrogen-bond acceptors (Lipinski definition) is 2. The summed E-state index contributed by atoms with van der Waals surface area (Å²) >= 11 is 6.28. The molecule has 2 atom stereocenters. The maximum Gasteiger partial charge on any atom is 0.240 e. The SMILES string of the molecule is CCCNS(=O)(=O)c1ccccc1C(C(C)C)C(C)Cl.